The van der Waals surface area contributed by atoms with Crippen LogP contribution >= 0.6 is 0 Å². The van der Waals surface area contributed by atoms with Crippen LogP contribution in [0.5, 0.6) is 0 Å². The van der Waals surface area contributed by atoms with E-state index < -0.39 is 11.7 Å². The standard InChI is InChI=1S/C18H18FN3O4/c1-2-26-16(23)8-14-9-20-18(25)15-7-13(10-22(14)15)21-17(24)11-3-5-12(19)6-4-11/h3-7,10,14H,2,8-9H2,1H3,(H,20,25)(H,21,24). The first-order chi connectivity index (χ1) is 12.5. The van der Waals surface area contributed by atoms with Gasteiger partial charge in [0, 0.05) is 18.3 Å². The van der Waals surface area contributed by atoms with E-state index in [1.165, 1.54) is 30.3 Å². The van der Waals surface area contributed by atoms with Crippen molar-refractivity contribution < 1.29 is 23.5 Å². The molecular formula is C18H18FN3O4. The van der Waals surface area contributed by atoms with Crippen LogP contribution < -0.4 is 10.6 Å². The molecule has 1 atom stereocenters. The first-order valence-electron chi connectivity index (χ1n) is 8.20. The summed E-state index contributed by atoms with van der Waals surface area (Å²) in [5, 5.41) is 5.39. The second-order valence-electron chi connectivity index (χ2n) is 5.86. The summed E-state index contributed by atoms with van der Waals surface area (Å²) in [6, 6.07) is 6.38. The molecule has 1 unspecified atom stereocenters. The van der Waals surface area contributed by atoms with Crippen molar-refractivity contribution in [3.05, 3.63) is 53.6 Å². The number of aromatic nitrogens is 1. The molecule has 0 aliphatic carbocycles. The van der Waals surface area contributed by atoms with Gasteiger partial charge in [-0.25, -0.2) is 4.39 Å². The smallest absolute Gasteiger partial charge is 0.307 e. The van der Waals surface area contributed by atoms with Gasteiger partial charge in [0.25, 0.3) is 11.8 Å². The van der Waals surface area contributed by atoms with Gasteiger partial charge in [-0.15, -0.1) is 0 Å². The van der Waals surface area contributed by atoms with Crippen molar-refractivity contribution in [1.82, 2.24) is 9.88 Å². The summed E-state index contributed by atoms with van der Waals surface area (Å²) in [6.07, 6.45) is 1.72. The number of carbonyl (C=O) groups is 3. The number of hydrogen-bond donors (Lipinski definition) is 2. The van der Waals surface area contributed by atoms with Crippen molar-refractivity contribution in [2.24, 2.45) is 0 Å². The minimum Gasteiger partial charge on any atom is -0.466 e. The predicted octanol–water partition coefficient (Wildman–Crippen LogP) is 2.12. The van der Waals surface area contributed by atoms with E-state index in [1.54, 1.807) is 17.7 Å². The predicted molar refractivity (Wildman–Crippen MR) is 91.4 cm³/mol. The fraction of sp³-hybridized carbons (Fsp3) is 0.278. The Morgan fingerprint density at radius 2 is 2.08 bits per heavy atom. The third-order valence-electron chi connectivity index (χ3n) is 4.04. The van der Waals surface area contributed by atoms with Crippen LogP contribution in [0.15, 0.2) is 36.5 Å². The van der Waals surface area contributed by atoms with E-state index in [-0.39, 0.29) is 30.9 Å². The van der Waals surface area contributed by atoms with Gasteiger partial charge >= 0.3 is 5.97 Å². The second-order valence-corrected chi connectivity index (χ2v) is 5.86. The minimum absolute atomic E-state index is 0.112. The number of anilines is 1. The number of esters is 1. The average molecular weight is 359 g/mol. The Morgan fingerprint density at radius 3 is 2.77 bits per heavy atom. The molecule has 0 fully saturated rings. The summed E-state index contributed by atoms with van der Waals surface area (Å²) >= 11 is 0. The Morgan fingerprint density at radius 1 is 1.35 bits per heavy atom. The summed E-state index contributed by atoms with van der Waals surface area (Å²) in [5.41, 5.74) is 1.06. The van der Waals surface area contributed by atoms with E-state index >= 15 is 0 Å². The number of amides is 2. The van der Waals surface area contributed by atoms with E-state index in [2.05, 4.69) is 10.6 Å². The van der Waals surface area contributed by atoms with Crippen LogP contribution in [-0.4, -0.2) is 35.5 Å². The van der Waals surface area contributed by atoms with Crippen molar-refractivity contribution >= 4 is 23.5 Å². The van der Waals surface area contributed by atoms with Gasteiger partial charge in [0.1, 0.15) is 11.5 Å². The first kappa shape index (κ1) is 17.7. The fourth-order valence-electron chi connectivity index (χ4n) is 2.82. The van der Waals surface area contributed by atoms with Crippen LogP contribution in [0.3, 0.4) is 0 Å². The largest absolute Gasteiger partial charge is 0.466 e. The molecule has 1 aromatic heterocycles. The van der Waals surface area contributed by atoms with Crippen LogP contribution in [0, 0.1) is 5.82 Å². The van der Waals surface area contributed by atoms with E-state index in [9.17, 15) is 18.8 Å². The lowest BCUT2D eigenvalue weighted by Crippen LogP contribution is -2.39. The number of hydrogen-bond acceptors (Lipinski definition) is 4. The van der Waals surface area contributed by atoms with Gasteiger partial charge in [0.15, 0.2) is 0 Å². The molecule has 1 aromatic carbocycles. The Kier molecular flexibility index (Phi) is 5.01. The molecule has 7 nitrogen and oxygen atoms in total. The number of carbonyl (C=O) groups excluding carboxylic acids is 3. The number of benzene rings is 1. The Balaban J connectivity index is 1.78. The van der Waals surface area contributed by atoms with Crippen LogP contribution in [0.25, 0.3) is 0 Å². The Labute approximate surface area is 149 Å². The first-order valence-corrected chi connectivity index (χ1v) is 8.20. The monoisotopic (exact) mass is 359 g/mol. The van der Waals surface area contributed by atoms with Gasteiger partial charge in [-0.2, -0.15) is 0 Å². The molecule has 136 valence electrons. The normalized spacial score (nSPS) is 15.8. The zero-order chi connectivity index (χ0) is 18.7. The Bertz CT molecular complexity index is 845. The summed E-state index contributed by atoms with van der Waals surface area (Å²) in [5.74, 6) is -1.49. The molecular weight excluding hydrogens is 341 g/mol. The second kappa shape index (κ2) is 7.38. The summed E-state index contributed by atoms with van der Waals surface area (Å²) in [4.78, 5) is 36.0. The highest BCUT2D eigenvalue weighted by Crippen LogP contribution is 2.25. The van der Waals surface area contributed by atoms with E-state index in [0.717, 1.165) is 0 Å². The molecule has 0 spiro atoms. The highest BCUT2D eigenvalue weighted by atomic mass is 19.1. The fourth-order valence-corrected chi connectivity index (χ4v) is 2.82. The quantitative estimate of drug-likeness (QED) is 0.800. The SMILES string of the molecule is CCOC(=O)CC1CNC(=O)c2cc(NC(=O)c3ccc(F)cc3)cn21. The molecule has 1 aliphatic heterocycles. The molecule has 2 amide bonds. The van der Waals surface area contributed by atoms with Gasteiger partial charge in [0.05, 0.1) is 24.8 Å². The highest BCUT2D eigenvalue weighted by Gasteiger charge is 2.28. The number of ether oxygens (including phenoxy) is 1. The van der Waals surface area contributed by atoms with Gasteiger partial charge in [-0.1, -0.05) is 0 Å². The topological polar surface area (TPSA) is 89.4 Å². The molecule has 2 aromatic rings. The number of halogens is 1. The molecule has 0 bridgehead atoms. The van der Waals surface area contributed by atoms with Crippen LogP contribution in [0.4, 0.5) is 10.1 Å². The van der Waals surface area contributed by atoms with E-state index in [0.29, 0.717) is 23.5 Å². The third-order valence-corrected chi connectivity index (χ3v) is 4.04. The van der Waals surface area contributed by atoms with Crippen molar-refractivity contribution in [2.45, 2.75) is 19.4 Å². The minimum atomic E-state index is -0.431. The Hall–Kier alpha value is -3.16. The molecule has 0 saturated carbocycles. The van der Waals surface area contributed by atoms with Gasteiger partial charge < -0.3 is 19.9 Å². The maximum atomic E-state index is 13.0. The van der Waals surface area contributed by atoms with Crippen molar-refractivity contribution in [3.63, 3.8) is 0 Å². The number of fused-ring (bicyclic) bond motifs is 1. The molecule has 3 rings (SSSR count). The van der Waals surface area contributed by atoms with Crippen LogP contribution in [0.2, 0.25) is 0 Å². The zero-order valence-corrected chi connectivity index (χ0v) is 14.1. The molecule has 1 aliphatic rings. The third kappa shape index (κ3) is 3.74. The van der Waals surface area contributed by atoms with Crippen molar-refractivity contribution in [1.29, 1.82) is 0 Å². The highest BCUT2D eigenvalue weighted by molar-refractivity contribution is 6.05. The van der Waals surface area contributed by atoms with Gasteiger partial charge in [0.2, 0.25) is 0 Å². The lowest BCUT2D eigenvalue weighted by molar-refractivity contribution is -0.144. The van der Waals surface area contributed by atoms with E-state index in [4.69, 9.17) is 4.74 Å². The summed E-state index contributed by atoms with van der Waals surface area (Å²) in [6.45, 7) is 2.31. The van der Waals surface area contributed by atoms with Crippen molar-refractivity contribution in [2.75, 3.05) is 18.5 Å². The maximum Gasteiger partial charge on any atom is 0.307 e. The molecule has 0 saturated heterocycles. The molecule has 2 heterocycles. The van der Waals surface area contributed by atoms with Gasteiger partial charge in [-0.05, 0) is 37.3 Å². The van der Waals surface area contributed by atoms with Crippen molar-refractivity contribution in [3.8, 4) is 0 Å². The van der Waals surface area contributed by atoms with Gasteiger partial charge in [-0.3, -0.25) is 14.4 Å². The number of rotatable bonds is 5. The summed E-state index contributed by atoms with van der Waals surface area (Å²) in [7, 11) is 0. The number of nitrogens with one attached hydrogen (secondary N) is 2. The molecule has 8 heteroatoms. The lowest BCUT2D eigenvalue weighted by atomic mass is 10.1. The summed E-state index contributed by atoms with van der Waals surface area (Å²) < 4.78 is 19.6. The van der Waals surface area contributed by atoms with Crippen LogP contribution in [-0.2, 0) is 9.53 Å². The lowest BCUT2D eigenvalue weighted by Gasteiger charge is -2.25. The van der Waals surface area contributed by atoms with E-state index in [1.807, 2.05) is 0 Å². The maximum absolute atomic E-state index is 13.0. The molecule has 2 N–H and O–H groups in total. The molecule has 26 heavy (non-hydrogen) atoms. The van der Waals surface area contributed by atoms with Crippen LogP contribution in [0.1, 0.15) is 40.2 Å². The zero-order valence-electron chi connectivity index (χ0n) is 14.1. The number of nitrogens with zero attached hydrogens (tertiary/aromatic N) is 1. The molecule has 0 radical (unpaired) electrons. The average Bonchev–Trinajstić information content (AvgIpc) is 3.03.